The summed E-state index contributed by atoms with van der Waals surface area (Å²) < 4.78 is 44.0. The third-order valence-electron chi connectivity index (χ3n) is 5.40. The Morgan fingerprint density at radius 2 is 1.72 bits per heavy atom. The fraction of sp³-hybridized carbons (Fsp3) is 0.391. The van der Waals surface area contributed by atoms with Gasteiger partial charge in [0.2, 0.25) is 0 Å². The van der Waals surface area contributed by atoms with Crippen LogP contribution in [0.1, 0.15) is 35.6 Å². The van der Waals surface area contributed by atoms with Gasteiger partial charge >= 0.3 is 18.2 Å². The maximum Gasteiger partial charge on any atom is 0.416 e. The van der Waals surface area contributed by atoms with Gasteiger partial charge in [-0.05, 0) is 61.2 Å². The highest BCUT2D eigenvalue weighted by atomic mass is 19.4. The first kappa shape index (κ1) is 23.4. The van der Waals surface area contributed by atoms with Crippen LogP contribution in [0.3, 0.4) is 0 Å². The smallest absolute Gasteiger partial charge is 0.416 e. The largest absolute Gasteiger partial charge is 0.479 e. The number of benzene rings is 2. The number of ether oxygens (including phenoxy) is 1. The molecule has 1 aliphatic heterocycles. The van der Waals surface area contributed by atoms with Crippen molar-refractivity contribution in [3.8, 4) is 5.75 Å². The van der Waals surface area contributed by atoms with Gasteiger partial charge in [0.05, 0.1) is 5.56 Å². The number of carbonyl (C=O) groups is 2. The van der Waals surface area contributed by atoms with E-state index in [2.05, 4.69) is 0 Å². The fourth-order valence-corrected chi connectivity index (χ4v) is 3.79. The third-order valence-corrected chi connectivity index (χ3v) is 5.40. The van der Waals surface area contributed by atoms with E-state index < -0.39 is 23.8 Å². The summed E-state index contributed by atoms with van der Waals surface area (Å²) in [7, 11) is 0. The van der Waals surface area contributed by atoms with Crippen LogP contribution in [0.25, 0.3) is 0 Å². The van der Waals surface area contributed by atoms with E-state index >= 15 is 0 Å². The average Bonchev–Trinajstić information content (AvgIpc) is 3.07. The standard InChI is InChI=1S/C23H25F3N2O4/c1-4-19(21(29)30)32-20-14(2)11-16(12-15(20)3)13-27-9-10-28(22(27)31)18-7-5-17(6-8-18)23(24,25)26/h5-8,11-12,19H,4,9-10,13H2,1-3H3,(H,29,30). The predicted octanol–water partition coefficient (Wildman–Crippen LogP) is 5.01. The van der Waals surface area contributed by atoms with Crippen molar-refractivity contribution in [1.82, 2.24) is 4.90 Å². The molecule has 0 saturated carbocycles. The summed E-state index contributed by atoms with van der Waals surface area (Å²) in [6, 6.07) is 7.97. The molecule has 2 aromatic carbocycles. The van der Waals surface area contributed by atoms with Gasteiger partial charge in [-0.25, -0.2) is 9.59 Å². The van der Waals surface area contributed by atoms with E-state index in [9.17, 15) is 27.9 Å². The number of hydrogen-bond donors (Lipinski definition) is 1. The minimum Gasteiger partial charge on any atom is -0.479 e. The molecule has 1 N–H and O–H groups in total. The van der Waals surface area contributed by atoms with E-state index in [0.29, 0.717) is 37.5 Å². The number of hydrogen-bond acceptors (Lipinski definition) is 3. The Balaban J connectivity index is 1.72. The van der Waals surface area contributed by atoms with E-state index in [0.717, 1.165) is 28.8 Å². The maximum atomic E-state index is 12.8. The van der Waals surface area contributed by atoms with Gasteiger partial charge in [-0.1, -0.05) is 19.1 Å². The Labute approximate surface area is 184 Å². The molecule has 0 aliphatic carbocycles. The molecule has 2 aromatic rings. The highest BCUT2D eigenvalue weighted by molar-refractivity contribution is 5.94. The van der Waals surface area contributed by atoms with Crippen LogP contribution < -0.4 is 9.64 Å². The Morgan fingerprint density at radius 3 is 2.22 bits per heavy atom. The minimum absolute atomic E-state index is 0.280. The second kappa shape index (κ2) is 9.10. The Morgan fingerprint density at radius 1 is 1.12 bits per heavy atom. The topological polar surface area (TPSA) is 70.1 Å². The Bertz CT molecular complexity index is 982. The molecular formula is C23H25F3N2O4. The highest BCUT2D eigenvalue weighted by Gasteiger charge is 2.33. The highest BCUT2D eigenvalue weighted by Crippen LogP contribution is 2.32. The molecule has 172 valence electrons. The second-order valence-corrected chi connectivity index (χ2v) is 7.81. The van der Waals surface area contributed by atoms with Gasteiger partial charge < -0.3 is 14.7 Å². The van der Waals surface area contributed by atoms with Gasteiger partial charge in [-0.3, -0.25) is 4.90 Å². The number of rotatable bonds is 7. The second-order valence-electron chi connectivity index (χ2n) is 7.81. The average molecular weight is 450 g/mol. The molecule has 0 bridgehead atoms. The number of nitrogens with zero attached hydrogens (tertiary/aromatic N) is 2. The normalized spacial score (nSPS) is 15.2. The quantitative estimate of drug-likeness (QED) is 0.644. The van der Waals surface area contributed by atoms with Crippen molar-refractivity contribution >= 4 is 17.7 Å². The van der Waals surface area contributed by atoms with Gasteiger partial charge in [0, 0.05) is 25.3 Å². The predicted molar refractivity (Wildman–Crippen MR) is 113 cm³/mol. The first-order valence-electron chi connectivity index (χ1n) is 10.2. The summed E-state index contributed by atoms with van der Waals surface area (Å²) in [5.41, 5.74) is 2.06. The summed E-state index contributed by atoms with van der Waals surface area (Å²) in [5.74, 6) is -0.511. The van der Waals surface area contributed by atoms with Crippen molar-refractivity contribution in [3.63, 3.8) is 0 Å². The molecule has 1 aliphatic rings. The summed E-state index contributed by atoms with van der Waals surface area (Å²) in [6.45, 7) is 6.52. The first-order valence-corrected chi connectivity index (χ1v) is 10.2. The number of anilines is 1. The number of alkyl halides is 3. The van der Waals surface area contributed by atoms with E-state index in [1.807, 2.05) is 26.0 Å². The summed E-state index contributed by atoms with van der Waals surface area (Å²) in [5, 5.41) is 9.23. The molecule has 2 amide bonds. The number of carboxylic acids is 1. The van der Waals surface area contributed by atoms with Gasteiger partial charge in [-0.15, -0.1) is 0 Å². The van der Waals surface area contributed by atoms with Crippen LogP contribution in [-0.4, -0.2) is 41.2 Å². The van der Waals surface area contributed by atoms with Gasteiger partial charge in [0.1, 0.15) is 5.75 Å². The van der Waals surface area contributed by atoms with Crippen LogP contribution in [0.5, 0.6) is 5.75 Å². The maximum absolute atomic E-state index is 12.8. The van der Waals surface area contributed by atoms with E-state index in [1.54, 1.807) is 11.8 Å². The molecule has 0 radical (unpaired) electrons. The van der Waals surface area contributed by atoms with Crippen LogP contribution in [0.2, 0.25) is 0 Å². The van der Waals surface area contributed by atoms with E-state index in [1.165, 1.54) is 17.0 Å². The molecular weight excluding hydrogens is 425 g/mol. The van der Waals surface area contributed by atoms with Crippen LogP contribution in [0.15, 0.2) is 36.4 Å². The molecule has 1 heterocycles. The Hall–Kier alpha value is -3.23. The number of amides is 2. The van der Waals surface area contributed by atoms with E-state index in [4.69, 9.17) is 4.74 Å². The van der Waals surface area contributed by atoms with Crippen molar-refractivity contribution in [1.29, 1.82) is 0 Å². The van der Waals surface area contributed by atoms with Gasteiger partial charge in [0.25, 0.3) is 0 Å². The van der Waals surface area contributed by atoms with Gasteiger partial charge in [0.15, 0.2) is 6.10 Å². The number of carboxylic acid groups (broad SMARTS) is 1. The molecule has 1 atom stereocenters. The lowest BCUT2D eigenvalue weighted by Gasteiger charge is -2.21. The van der Waals surface area contributed by atoms with Crippen molar-refractivity contribution in [2.45, 2.75) is 46.0 Å². The number of aliphatic carboxylic acids is 1. The van der Waals surface area contributed by atoms with Crippen molar-refractivity contribution in [2.24, 2.45) is 0 Å². The summed E-state index contributed by atoms with van der Waals surface area (Å²) in [4.78, 5) is 27.2. The summed E-state index contributed by atoms with van der Waals surface area (Å²) >= 11 is 0. The van der Waals surface area contributed by atoms with Crippen molar-refractivity contribution in [3.05, 3.63) is 58.7 Å². The first-order chi connectivity index (χ1) is 15.0. The minimum atomic E-state index is -4.42. The molecule has 0 spiro atoms. The zero-order valence-corrected chi connectivity index (χ0v) is 18.1. The fourth-order valence-electron chi connectivity index (χ4n) is 3.79. The third kappa shape index (κ3) is 4.98. The van der Waals surface area contributed by atoms with Crippen molar-refractivity contribution in [2.75, 3.05) is 18.0 Å². The zero-order valence-electron chi connectivity index (χ0n) is 18.1. The molecule has 0 aromatic heterocycles. The molecule has 1 saturated heterocycles. The number of urea groups is 1. The van der Waals surface area contributed by atoms with Crippen LogP contribution >= 0.6 is 0 Å². The number of halogens is 3. The molecule has 1 unspecified atom stereocenters. The van der Waals surface area contributed by atoms with Gasteiger partial charge in [-0.2, -0.15) is 13.2 Å². The molecule has 6 nitrogen and oxygen atoms in total. The lowest BCUT2D eigenvalue weighted by Crippen LogP contribution is -2.31. The number of aryl methyl sites for hydroxylation is 2. The molecule has 1 fully saturated rings. The molecule has 3 rings (SSSR count). The lowest BCUT2D eigenvalue weighted by atomic mass is 10.0. The molecule has 32 heavy (non-hydrogen) atoms. The summed E-state index contributed by atoms with van der Waals surface area (Å²) in [6.07, 6.45) is -5.03. The number of carbonyl (C=O) groups excluding carboxylic acids is 1. The Kier molecular flexibility index (Phi) is 6.66. The monoisotopic (exact) mass is 450 g/mol. The van der Waals surface area contributed by atoms with Crippen molar-refractivity contribution < 1.29 is 32.6 Å². The van der Waals surface area contributed by atoms with Crippen LogP contribution in [-0.2, 0) is 17.5 Å². The molecule has 9 heteroatoms. The zero-order chi connectivity index (χ0) is 23.6. The van der Waals surface area contributed by atoms with E-state index in [-0.39, 0.29) is 6.03 Å². The van der Waals surface area contributed by atoms with Crippen LogP contribution in [0, 0.1) is 13.8 Å². The lowest BCUT2D eigenvalue weighted by molar-refractivity contribution is -0.145. The van der Waals surface area contributed by atoms with Crippen LogP contribution in [0.4, 0.5) is 23.7 Å². The SMILES string of the molecule is CCC(Oc1c(C)cc(CN2CCN(c3ccc(C(F)(F)F)cc3)C2=O)cc1C)C(=O)O.